The predicted molar refractivity (Wildman–Crippen MR) is 82.5 cm³/mol. The van der Waals surface area contributed by atoms with Gasteiger partial charge in [0.25, 0.3) is 0 Å². The highest BCUT2D eigenvalue weighted by Gasteiger charge is 2.44. The van der Waals surface area contributed by atoms with E-state index >= 15 is 0 Å². The molecule has 1 amide bonds. The Morgan fingerprint density at radius 3 is 2.23 bits per heavy atom. The topological polar surface area (TPSA) is 49.3 Å². The highest BCUT2D eigenvalue weighted by molar-refractivity contribution is 5.81. The Balaban J connectivity index is 1.24. The van der Waals surface area contributed by atoms with Gasteiger partial charge >= 0.3 is 0 Å². The maximum absolute atomic E-state index is 12.2. The Morgan fingerprint density at radius 2 is 1.68 bits per heavy atom. The van der Waals surface area contributed by atoms with E-state index in [1.54, 1.807) is 0 Å². The molecule has 2 unspecified atom stereocenters. The van der Waals surface area contributed by atoms with Gasteiger partial charge in [0.2, 0.25) is 5.91 Å². The predicted octanol–water partition coefficient (Wildman–Crippen LogP) is 1.66. The van der Waals surface area contributed by atoms with Crippen LogP contribution in [0.25, 0.3) is 0 Å². The molecule has 0 bridgehead atoms. The van der Waals surface area contributed by atoms with Crippen LogP contribution >= 0.6 is 0 Å². The Bertz CT molecular complexity index is 579. The number of amides is 1. The molecule has 0 spiro atoms. The van der Waals surface area contributed by atoms with E-state index in [9.17, 15) is 4.79 Å². The zero-order valence-corrected chi connectivity index (χ0v) is 12.8. The summed E-state index contributed by atoms with van der Waals surface area (Å²) in [6, 6.07) is 4.28. The van der Waals surface area contributed by atoms with Gasteiger partial charge in [-0.2, -0.15) is 5.10 Å². The molecule has 5 rings (SSSR count). The van der Waals surface area contributed by atoms with Crippen LogP contribution in [-0.4, -0.2) is 47.2 Å². The van der Waals surface area contributed by atoms with E-state index in [-0.39, 0.29) is 0 Å². The number of hydrogen-bond donors (Lipinski definition) is 0. The lowest BCUT2D eigenvalue weighted by Gasteiger charge is -2.22. The summed E-state index contributed by atoms with van der Waals surface area (Å²) >= 11 is 0. The zero-order valence-electron chi connectivity index (χ0n) is 12.8. The fourth-order valence-electron chi connectivity index (χ4n) is 4.05. The molecule has 2 saturated heterocycles. The van der Waals surface area contributed by atoms with E-state index in [2.05, 4.69) is 32.1 Å². The van der Waals surface area contributed by atoms with Crippen LogP contribution in [0.4, 0.5) is 5.82 Å². The summed E-state index contributed by atoms with van der Waals surface area (Å²) in [4.78, 5) is 16.7. The van der Waals surface area contributed by atoms with Crippen LogP contribution < -0.4 is 4.90 Å². The van der Waals surface area contributed by atoms with E-state index in [1.165, 1.54) is 12.8 Å². The Labute approximate surface area is 130 Å². The third-order valence-electron chi connectivity index (χ3n) is 5.72. The van der Waals surface area contributed by atoms with Gasteiger partial charge < -0.3 is 9.80 Å². The summed E-state index contributed by atoms with van der Waals surface area (Å²) in [5, 5.41) is 8.83. The molecule has 1 aromatic rings. The van der Waals surface area contributed by atoms with Crippen LogP contribution in [0.2, 0.25) is 0 Å². The number of nitrogens with zero attached hydrogens (tertiary/aromatic N) is 4. The average molecular weight is 298 g/mol. The Hall–Kier alpha value is -1.65. The number of aromatic nitrogens is 2. The van der Waals surface area contributed by atoms with Crippen LogP contribution in [-0.2, 0) is 4.79 Å². The molecule has 5 heteroatoms. The number of rotatable bonds is 3. The average Bonchev–Trinajstić information content (AvgIpc) is 3.43. The molecule has 2 aliphatic heterocycles. The first-order valence-corrected chi connectivity index (χ1v) is 8.65. The highest BCUT2D eigenvalue weighted by Crippen LogP contribution is 2.40. The second kappa shape index (κ2) is 4.67. The number of likely N-dealkylation sites (tertiary alicyclic amines) is 1. The minimum Gasteiger partial charge on any atom is -0.354 e. The summed E-state index contributed by atoms with van der Waals surface area (Å²) < 4.78 is 0. The third kappa shape index (κ3) is 2.18. The van der Waals surface area contributed by atoms with Gasteiger partial charge in [0, 0.05) is 49.9 Å². The molecule has 116 valence electrons. The molecule has 2 saturated carbocycles. The summed E-state index contributed by atoms with van der Waals surface area (Å²) in [6.07, 6.45) is 4.76. The maximum atomic E-state index is 12.2. The van der Waals surface area contributed by atoms with Crippen molar-refractivity contribution >= 4 is 11.7 Å². The van der Waals surface area contributed by atoms with Crippen molar-refractivity contribution in [2.75, 3.05) is 31.1 Å². The van der Waals surface area contributed by atoms with Crippen molar-refractivity contribution in [2.45, 2.75) is 31.6 Å². The number of anilines is 1. The van der Waals surface area contributed by atoms with Crippen molar-refractivity contribution in [3.63, 3.8) is 0 Å². The molecular weight excluding hydrogens is 276 g/mol. The van der Waals surface area contributed by atoms with Gasteiger partial charge in [-0.3, -0.25) is 4.79 Å². The molecule has 2 aliphatic carbocycles. The highest BCUT2D eigenvalue weighted by atomic mass is 16.2. The number of hydrogen-bond acceptors (Lipinski definition) is 4. The van der Waals surface area contributed by atoms with Gasteiger partial charge in [0.05, 0.1) is 5.69 Å². The first-order valence-electron chi connectivity index (χ1n) is 8.65. The molecule has 5 nitrogen and oxygen atoms in total. The SMILES string of the molecule is O=C(C1CC1)N1CC2CN(c3ccc(C4CC4)nn3)CC2C1. The van der Waals surface area contributed by atoms with Crippen LogP contribution in [0, 0.1) is 17.8 Å². The first kappa shape index (κ1) is 12.9. The van der Waals surface area contributed by atoms with E-state index in [0.29, 0.717) is 29.6 Å². The lowest BCUT2D eigenvalue weighted by Crippen LogP contribution is -2.34. The number of carbonyl (C=O) groups excluding carboxylic acids is 1. The minimum absolute atomic E-state index is 0.357. The molecule has 0 N–H and O–H groups in total. The Kier molecular flexibility index (Phi) is 2.73. The van der Waals surface area contributed by atoms with Gasteiger partial charge in [-0.25, -0.2) is 0 Å². The summed E-state index contributed by atoms with van der Waals surface area (Å²) in [5.74, 6) is 3.69. The van der Waals surface area contributed by atoms with Gasteiger partial charge in [-0.15, -0.1) is 5.10 Å². The monoisotopic (exact) mass is 298 g/mol. The van der Waals surface area contributed by atoms with Gasteiger partial charge in [0.15, 0.2) is 5.82 Å². The van der Waals surface area contributed by atoms with Crippen molar-refractivity contribution in [2.24, 2.45) is 17.8 Å². The standard InChI is InChI=1S/C17H22N4O/c22-17(12-3-4-12)21-9-13-7-20(8-14(13)10-21)16-6-5-15(18-19-16)11-1-2-11/h5-6,11-14H,1-4,7-10H2. The summed E-state index contributed by atoms with van der Waals surface area (Å²) in [5.41, 5.74) is 1.16. The largest absolute Gasteiger partial charge is 0.354 e. The van der Waals surface area contributed by atoms with Crippen LogP contribution in [0.1, 0.15) is 37.3 Å². The second-order valence-electron chi connectivity index (χ2n) is 7.53. The minimum atomic E-state index is 0.357. The van der Waals surface area contributed by atoms with E-state index in [1.807, 2.05) is 0 Å². The van der Waals surface area contributed by atoms with E-state index < -0.39 is 0 Å². The zero-order chi connectivity index (χ0) is 14.7. The smallest absolute Gasteiger partial charge is 0.225 e. The lowest BCUT2D eigenvalue weighted by molar-refractivity contribution is -0.131. The van der Waals surface area contributed by atoms with Crippen molar-refractivity contribution in [1.29, 1.82) is 0 Å². The van der Waals surface area contributed by atoms with E-state index in [0.717, 1.165) is 50.5 Å². The molecule has 4 aliphatic rings. The summed E-state index contributed by atoms with van der Waals surface area (Å²) in [6.45, 7) is 3.95. The molecule has 0 radical (unpaired) electrons. The van der Waals surface area contributed by atoms with Crippen molar-refractivity contribution in [3.05, 3.63) is 17.8 Å². The van der Waals surface area contributed by atoms with Crippen LogP contribution in [0.5, 0.6) is 0 Å². The fourth-order valence-corrected chi connectivity index (χ4v) is 4.05. The third-order valence-corrected chi connectivity index (χ3v) is 5.72. The van der Waals surface area contributed by atoms with Crippen LogP contribution in [0.15, 0.2) is 12.1 Å². The van der Waals surface area contributed by atoms with Crippen molar-refractivity contribution in [1.82, 2.24) is 15.1 Å². The normalized spacial score (nSPS) is 30.7. The van der Waals surface area contributed by atoms with Crippen molar-refractivity contribution < 1.29 is 4.79 Å². The molecular formula is C17H22N4O. The Morgan fingerprint density at radius 1 is 0.955 bits per heavy atom. The molecule has 0 aromatic carbocycles. The van der Waals surface area contributed by atoms with Gasteiger partial charge in [0.1, 0.15) is 0 Å². The number of fused-ring (bicyclic) bond motifs is 1. The van der Waals surface area contributed by atoms with Crippen LogP contribution in [0.3, 0.4) is 0 Å². The van der Waals surface area contributed by atoms with E-state index in [4.69, 9.17) is 0 Å². The first-order chi connectivity index (χ1) is 10.8. The molecule has 4 fully saturated rings. The van der Waals surface area contributed by atoms with Crippen molar-refractivity contribution in [3.8, 4) is 0 Å². The molecule has 2 atom stereocenters. The second-order valence-corrected chi connectivity index (χ2v) is 7.53. The number of carbonyl (C=O) groups is 1. The molecule has 1 aromatic heterocycles. The quantitative estimate of drug-likeness (QED) is 0.851. The van der Waals surface area contributed by atoms with Gasteiger partial charge in [-0.1, -0.05) is 0 Å². The molecule has 3 heterocycles. The summed E-state index contributed by atoms with van der Waals surface area (Å²) in [7, 11) is 0. The maximum Gasteiger partial charge on any atom is 0.225 e. The van der Waals surface area contributed by atoms with Gasteiger partial charge in [-0.05, 0) is 37.8 Å². The fraction of sp³-hybridized carbons (Fsp3) is 0.706. The lowest BCUT2D eigenvalue weighted by atomic mass is 10.0. The molecule has 22 heavy (non-hydrogen) atoms.